The van der Waals surface area contributed by atoms with E-state index < -0.39 is 0 Å². The molecule has 0 bridgehead atoms. The van der Waals surface area contributed by atoms with Crippen LogP contribution in [0.15, 0.2) is 59.5 Å². The molecular formula is C21H27NO2S. The molecule has 134 valence electrons. The van der Waals surface area contributed by atoms with Gasteiger partial charge in [-0.15, -0.1) is 11.8 Å². The molecule has 4 heteroatoms. The van der Waals surface area contributed by atoms with E-state index in [4.69, 9.17) is 4.74 Å². The molecule has 3 nitrogen and oxygen atoms in total. The molecule has 0 radical (unpaired) electrons. The smallest absolute Gasteiger partial charge is 0.233 e. The van der Waals surface area contributed by atoms with E-state index >= 15 is 0 Å². The lowest BCUT2D eigenvalue weighted by Gasteiger charge is -2.13. The van der Waals surface area contributed by atoms with Crippen LogP contribution in [0.25, 0.3) is 0 Å². The largest absolute Gasteiger partial charge is 0.493 e. The van der Waals surface area contributed by atoms with Crippen LogP contribution >= 0.6 is 11.8 Å². The summed E-state index contributed by atoms with van der Waals surface area (Å²) in [7, 11) is 0. The zero-order valence-electron chi connectivity index (χ0n) is 15.0. The number of benzene rings is 2. The van der Waals surface area contributed by atoms with E-state index in [0.29, 0.717) is 6.54 Å². The third kappa shape index (κ3) is 6.83. The molecule has 2 aromatic rings. The van der Waals surface area contributed by atoms with Crippen molar-refractivity contribution in [1.29, 1.82) is 0 Å². The second-order valence-electron chi connectivity index (χ2n) is 5.92. The van der Waals surface area contributed by atoms with Gasteiger partial charge >= 0.3 is 0 Å². The fraction of sp³-hybridized carbons (Fsp3) is 0.381. The van der Waals surface area contributed by atoms with Gasteiger partial charge in [-0.1, -0.05) is 43.3 Å². The maximum atomic E-state index is 12.2. The number of ether oxygens (including phenoxy) is 1. The Balaban J connectivity index is 1.73. The highest BCUT2D eigenvalue weighted by Gasteiger charge is 2.13. The standard InChI is InChI=1S/C21H27NO2S/c1-3-16-24-20-14-8-7-10-18(20)11-9-15-22-21(23)17(2)25-19-12-5-4-6-13-19/h4-8,10,12-14,17H,3,9,11,15-16H2,1-2H3,(H,22,23)/t17-/m1/s1. The number of carbonyl (C=O) groups is 1. The normalized spacial score (nSPS) is 11.8. The first kappa shape index (κ1) is 19.4. The molecule has 25 heavy (non-hydrogen) atoms. The molecule has 1 atom stereocenters. The summed E-state index contributed by atoms with van der Waals surface area (Å²) in [6.07, 6.45) is 2.81. The highest BCUT2D eigenvalue weighted by molar-refractivity contribution is 8.00. The van der Waals surface area contributed by atoms with Gasteiger partial charge in [-0.2, -0.15) is 0 Å². The average molecular weight is 358 g/mol. The Labute approximate surface area is 155 Å². The number of thioether (sulfide) groups is 1. The number of carbonyl (C=O) groups excluding carboxylic acids is 1. The Bertz CT molecular complexity index is 645. The van der Waals surface area contributed by atoms with Crippen molar-refractivity contribution in [1.82, 2.24) is 5.32 Å². The number of hydrogen-bond acceptors (Lipinski definition) is 3. The van der Waals surface area contributed by atoms with Crippen LogP contribution < -0.4 is 10.1 Å². The van der Waals surface area contributed by atoms with Gasteiger partial charge in [-0.3, -0.25) is 4.79 Å². The molecule has 0 aliphatic heterocycles. The summed E-state index contributed by atoms with van der Waals surface area (Å²) in [5, 5.41) is 2.94. The summed E-state index contributed by atoms with van der Waals surface area (Å²) in [5.74, 6) is 1.05. The van der Waals surface area contributed by atoms with Crippen molar-refractivity contribution in [2.75, 3.05) is 13.2 Å². The van der Waals surface area contributed by atoms with Crippen molar-refractivity contribution in [3.63, 3.8) is 0 Å². The van der Waals surface area contributed by atoms with Gasteiger partial charge in [0.05, 0.1) is 11.9 Å². The highest BCUT2D eigenvalue weighted by atomic mass is 32.2. The van der Waals surface area contributed by atoms with E-state index in [1.54, 1.807) is 11.8 Å². The molecule has 0 saturated carbocycles. The van der Waals surface area contributed by atoms with Gasteiger partial charge in [0.1, 0.15) is 5.75 Å². The van der Waals surface area contributed by atoms with Gasteiger partial charge in [0.15, 0.2) is 0 Å². The molecule has 2 aromatic carbocycles. The topological polar surface area (TPSA) is 38.3 Å². The van der Waals surface area contributed by atoms with Crippen molar-refractivity contribution >= 4 is 17.7 Å². The summed E-state index contributed by atoms with van der Waals surface area (Å²) >= 11 is 1.59. The summed E-state index contributed by atoms with van der Waals surface area (Å²) in [4.78, 5) is 13.3. The van der Waals surface area contributed by atoms with Gasteiger partial charge in [0, 0.05) is 11.4 Å². The number of hydrogen-bond donors (Lipinski definition) is 1. The lowest BCUT2D eigenvalue weighted by Crippen LogP contribution is -2.31. The zero-order chi connectivity index (χ0) is 17.9. The highest BCUT2D eigenvalue weighted by Crippen LogP contribution is 2.23. The van der Waals surface area contributed by atoms with Crippen LogP contribution in [0.5, 0.6) is 5.75 Å². The van der Waals surface area contributed by atoms with Gasteiger partial charge < -0.3 is 10.1 Å². The summed E-state index contributed by atoms with van der Waals surface area (Å²) in [6, 6.07) is 18.2. The van der Waals surface area contributed by atoms with Gasteiger partial charge in [0.25, 0.3) is 0 Å². The third-order valence-corrected chi connectivity index (χ3v) is 4.89. The molecule has 1 N–H and O–H groups in total. The van der Waals surface area contributed by atoms with E-state index in [-0.39, 0.29) is 11.2 Å². The van der Waals surface area contributed by atoms with Crippen LogP contribution in [0.3, 0.4) is 0 Å². The van der Waals surface area contributed by atoms with E-state index in [0.717, 1.165) is 36.5 Å². The molecule has 0 saturated heterocycles. The molecule has 0 heterocycles. The van der Waals surface area contributed by atoms with E-state index in [1.807, 2.05) is 55.5 Å². The number of amides is 1. The average Bonchev–Trinajstić information content (AvgIpc) is 2.65. The Morgan fingerprint density at radius 2 is 1.84 bits per heavy atom. The predicted octanol–water partition coefficient (Wildman–Crippen LogP) is 4.71. The first-order valence-electron chi connectivity index (χ1n) is 8.91. The number of para-hydroxylation sites is 1. The first-order chi connectivity index (χ1) is 12.2. The van der Waals surface area contributed by atoms with Crippen LogP contribution in [0.4, 0.5) is 0 Å². The Morgan fingerprint density at radius 1 is 1.12 bits per heavy atom. The molecule has 0 unspecified atom stereocenters. The molecule has 0 aliphatic rings. The number of nitrogens with one attached hydrogen (secondary N) is 1. The molecule has 0 aromatic heterocycles. The minimum Gasteiger partial charge on any atom is -0.493 e. The third-order valence-electron chi connectivity index (χ3n) is 3.78. The minimum absolute atomic E-state index is 0.0874. The predicted molar refractivity (Wildman–Crippen MR) is 105 cm³/mol. The minimum atomic E-state index is -0.0948. The molecule has 2 rings (SSSR count). The van der Waals surface area contributed by atoms with Crippen molar-refractivity contribution in [2.24, 2.45) is 0 Å². The van der Waals surface area contributed by atoms with E-state index in [1.165, 1.54) is 5.56 Å². The second-order valence-corrected chi connectivity index (χ2v) is 7.34. The van der Waals surface area contributed by atoms with Crippen LogP contribution in [-0.2, 0) is 11.2 Å². The monoisotopic (exact) mass is 357 g/mol. The van der Waals surface area contributed by atoms with Crippen LogP contribution in [-0.4, -0.2) is 24.3 Å². The Hall–Kier alpha value is -1.94. The first-order valence-corrected chi connectivity index (χ1v) is 9.78. The maximum absolute atomic E-state index is 12.2. The quantitative estimate of drug-likeness (QED) is 0.494. The van der Waals surface area contributed by atoms with Crippen molar-refractivity contribution in [2.45, 2.75) is 43.3 Å². The lowest BCUT2D eigenvalue weighted by atomic mass is 10.1. The van der Waals surface area contributed by atoms with Crippen molar-refractivity contribution in [3.8, 4) is 5.75 Å². The molecule has 0 spiro atoms. The Kier molecular flexibility index (Phi) is 8.40. The van der Waals surface area contributed by atoms with Gasteiger partial charge in [-0.05, 0) is 49.9 Å². The zero-order valence-corrected chi connectivity index (χ0v) is 15.9. The number of aryl methyl sites for hydroxylation is 1. The molecular weight excluding hydrogens is 330 g/mol. The Morgan fingerprint density at radius 3 is 2.60 bits per heavy atom. The van der Waals surface area contributed by atoms with Crippen molar-refractivity contribution in [3.05, 3.63) is 60.2 Å². The molecule has 1 amide bonds. The number of rotatable bonds is 10. The van der Waals surface area contributed by atoms with Gasteiger partial charge in [0.2, 0.25) is 5.91 Å². The lowest BCUT2D eigenvalue weighted by molar-refractivity contribution is -0.120. The second kappa shape index (κ2) is 10.8. The van der Waals surface area contributed by atoms with Gasteiger partial charge in [-0.25, -0.2) is 0 Å². The van der Waals surface area contributed by atoms with E-state index in [2.05, 4.69) is 18.3 Å². The van der Waals surface area contributed by atoms with Crippen molar-refractivity contribution < 1.29 is 9.53 Å². The summed E-state index contributed by atoms with van der Waals surface area (Å²) in [5.41, 5.74) is 1.21. The van der Waals surface area contributed by atoms with Crippen LogP contribution in [0.1, 0.15) is 32.3 Å². The van der Waals surface area contributed by atoms with Crippen LogP contribution in [0, 0.1) is 0 Å². The van der Waals surface area contributed by atoms with Crippen LogP contribution in [0.2, 0.25) is 0 Å². The summed E-state index contributed by atoms with van der Waals surface area (Å²) in [6.45, 7) is 5.47. The fourth-order valence-electron chi connectivity index (χ4n) is 2.45. The maximum Gasteiger partial charge on any atom is 0.233 e. The summed E-state index contributed by atoms with van der Waals surface area (Å²) < 4.78 is 5.78. The fourth-order valence-corrected chi connectivity index (χ4v) is 3.37. The SMILES string of the molecule is CCCOc1ccccc1CCCNC(=O)[C@@H](C)Sc1ccccc1. The van der Waals surface area contributed by atoms with E-state index in [9.17, 15) is 4.79 Å². The molecule has 0 fully saturated rings. The molecule has 0 aliphatic carbocycles.